The molecule has 254 valence electrons. The zero-order chi connectivity index (χ0) is 33.1. The molecule has 0 N–H and O–H groups in total. The molecule has 9 aliphatic rings. The molecule has 1 heterocycles. The quantitative estimate of drug-likeness (QED) is 0.305. The highest BCUT2D eigenvalue weighted by Gasteiger charge is 2.72. The Morgan fingerprint density at radius 2 is 1.29 bits per heavy atom. The predicted molar refractivity (Wildman–Crippen MR) is 181 cm³/mol. The summed E-state index contributed by atoms with van der Waals surface area (Å²) < 4.78 is 11.7. The molecule has 2 aromatic carbocycles. The summed E-state index contributed by atoms with van der Waals surface area (Å²) in [5, 5.41) is 0. The van der Waals surface area contributed by atoms with Gasteiger partial charge < -0.3 is 19.3 Å². The molecule has 0 aromatic heterocycles. The normalized spacial score (nSPS) is 38.4. The van der Waals surface area contributed by atoms with Crippen LogP contribution in [0.25, 0.3) is 0 Å². The number of esters is 1. The number of carbonyl (C=O) groups is 3. The molecule has 8 fully saturated rings. The maximum absolute atomic E-state index is 14.9. The number of fused-ring (bicyclic) bond motifs is 1. The van der Waals surface area contributed by atoms with Crippen molar-refractivity contribution in [1.29, 1.82) is 0 Å². The summed E-state index contributed by atoms with van der Waals surface area (Å²) in [5.74, 6) is 4.39. The Labute approximate surface area is 284 Å². The van der Waals surface area contributed by atoms with Crippen LogP contribution < -0.4 is 4.74 Å². The van der Waals surface area contributed by atoms with E-state index in [1.165, 1.54) is 49.7 Å². The smallest absolute Gasteiger partial charge is 0.311 e. The summed E-state index contributed by atoms with van der Waals surface area (Å²) >= 11 is 0. The van der Waals surface area contributed by atoms with E-state index in [1.54, 1.807) is 38.2 Å². The fourth-order valence-corrected chi connectivity index (χ4v) is 13.6. The highest BCUT2D eigenvalue weighted by molar-refractivity contribution is 5.94. The summed E-state index contributed by atoms with van der Waals surface area (Å²) in [6, 6.07) is 13.6. The largest absolute Gasteiger partial charge is 0.469 e. The Hall–Kier alpha value is -3.35. The van der Waals surface area contributed by atoms with Crippen molar-refractivity contribution in [3.8, 4) is 11.5 Å². The van der Waals surface area contributed by atoms with Crippen LogP contribution in [0.3, 0.4) is 0 Å². The maximum atomic E-state index is 14.9. The minimum absolute atomic E-state index is 0.0342. The molecule has 8 saturated carbocycles. The molecule has 2 amide bonds. The molecule has 2 aromatic rings. The Kier molecular flexibility index (Phi) is 6.76. The van der Waals surface area contributed by atoms with Crippen LogP contribution in [-0.2, 0) is 27.3 Å². The first-order valence-electron chi connectivity index (χ1n) is 18.5. The lowest BCUT2D eigenvalue weighted by molar-refractivity contribution is -0.241. The molecular formula is C41H50N2O5. The minimum atomic E-state index is -0.290. The lowest BCUT2D eigenvalue weighted by Gasteiger charge is -2.73. The molecule has 4 unspecified atom stereocenters. The Morgan fingerprint density at radius 1 is 0.729 bits per heavy atom. The second kappa shape index (κ2) is 10.6. The van der Waals surface area contributed by atoms with Gasteiger partial charge in [0.1, 0.15) is 11.5 Å². The minimum Gasteiger partial charge on any atom is -0.469 e. The van der Waals surface area contributed by atoms with Crippen LogP contribution in [0.5, 0.6) is 11.5 Å². The van der Waals surface area contributed by atoms with Crippen molar-refractivity contribution in [2.45, 2.75) is 90.0 Å². The molecule has 4 atom stereocenters. The monoisotopic (exact) mass is 650 g/mol. The van der Waals surface area contributed by atoms with Crippen molar-refractivity contribution in [1.82, 2.24) is 9.80 Å². The van der Waals surface area contributed by atoms with Crippen LogP contribution in [0.1, 0.15) is 98.5 Å². The predicted octanol–water partition coefficient (Wildman–Crippen LogP) is 7.41. The number of rotatable bonds is 6. The van der Waals surface area contributed by atoms with Gasteiger partial charge in [0.25, 0.3) is 5.91 Å². The highest BCUT2D eigenvalue weighted by atomic mass is 16.5. The van der Waals surface area contributed by atoms with Crippen LogP contribution in [0, 0.1) is 45.3 Å². The van der Waals surface area contributed by atoms with Gasteiger partial charge in [-0.15, -0.1) is 0 Å². The topological polar surface area (TPSA) is 76.1 Å². The number of methoxy groups -OCH3 is 1. The second-order valence-corrected chi connectivity index (χ2v) is 17.8. The standard InChI is InChI=1S/C41H50N2O5/c1-42(2)35(44)31-5-7-33(8-6-31)48-34-9-4-30-10-11-43(23-32(30)14-34)36(45)38-15-26-12-27(16-38)20-40(19-26,24-38)41-21-28-13-29(22-41)18-39(17-28,25-41)37(46)47-3/h4-9,14,26-29H,10-13,15-25H2,1-3H3. The molecule has 8 bridgehead atoms. The van der Waals surface area contributed by atoms with Crippen molar-refractivity contribution in [3.63, 3.8) is 0 Å². The number of amides is 2. The molecule has 7 nitrogen and oxygen atoms in total. The van der Waals surface area contributed by atoms with Gasteiger partial charge in [-0.3, -0.25) is 14.4 Å². The van der Waals surface area contributed by atoms with E-state index in [9.17, 15) is 14.4 Å². The second-order valence-electron chi connectivity index (χ2n) is 17.8. The number of hydrogen-bond acceptors (Lipinski definition) is 5. The van der Waals surface area contributed by atoms with Crippen LogP contribution in [0.4, 0.5) is 0 Å². The van der Waals surface area contributed by atoms with E-state index < -0.39 is 0 Å². The summed E-state index contributed by atoms with van der Waals surface area (Å²) in [6.45, 7) is 1.41. The third kappa shape index (κ3) is 4.54. The lowest BCUT2D eigenvalue weighted by Crippen LogP contribution is -2.67. The van der Waals surface area contributed by atoms with Crippen LogP contribution in [-0.4, -0.2) is 55.3 Å². The lowest BCUT2D eigenvalue weighted by atomic mass is 9.31. The first-order chi connectivity index (χ1) is 23.0. The Balaban J connectivity index is 0.960. The van der Waals surface area contributed by atoms with E-state index in [4.69, 9.17) is 9.47 Å². The summed E-state index contributed by atoms with van der Waals surface area (Å²) in [4.78, 5) is 44.4. The average Bonchev–Trinajstić information content (AvgIpc) is 3.06. The fraction of sp³-hybridized carbons (Fsp3) is 0.634. The van der Waals surface area contributed by atoms with Crippen molar-refractivity contribution in [3.05, 3.63) is 59.2 Å². The Morgan fingerprint density at radius 3 is 1.88 bits per heavy atom. The fourth-order valence-electron chi connectivity index (χ4n) is 13.6. The van der Waals surface area contributed by atoms with Crippen molar-refractivity contribution in [2.24, 2.45) is 45.3 Å². The third-order valence-electron chi connectivity index (χ3n) is 14.5. The van der Waals surface area contributed by atoms with Gasteiger partial charge in [0.05, 0.1) is 17.9 Å². The molecule has 8 aliphatic carbocycles. The highest BCUT2D eigenvalue weighted by Crippen LogP contribution is 2.78. The zero-order valence-electron chi connectivity index (χ0n) is 28.9. The van der Waals surface area contributed by atoms with Gasteiger partial charge in [-0.1, -0.05) is 6.07 Å². The van der Waals surface area contributed by atoms with Gasteiger partial charge >= 0.3 is 5.97 Å². The first-order valence-corrected chi connectivity index (χ1v) is 18.5. The SMILES string of the molecule is COC(=O)C12CC3CC(C1)CC(C14CC5CC(CC(C(=O)N6CCc7ccc(Oc8ccc(C(=O)N(C)C)cc8)cc7C6)(C5)C1)C4)(C3)C2. The van der Waals surface area contributed by atoms with E-state index in [0.717, 1.165) is 57.2 Å². The third-order valence-corrected chi connectivity index (χ3v) is 14.5. The van der Waals surface area contributed by atoms with E-state index in [0.29, 0.717) is 47.4 Å². The molecule has 7 heteroatoms. The van der Waals surface area contributed by atoms with Crippen LogP contribution >= 0.6 is 0 Å². The van der Waals surface area contributed by atoms with Gasteiger partial charge in [-0.25, -0.2) is 0 Å². The van der Waals surface area contributed by atoms with E-state index >= 15 is 0 Å². The summed E-state index contributed by atoms with van der Waals surface area (Å²) in [5.41, 5.74) is 2.92. The molecule has 11 rings (SSSR count). The van der Waals surface area contributed by atoms with Gasteiger partial charge in [-0.05, 0) is 165 Å². The summed E-state index contributed by atoms with van der Waals surface area (Å²) in [6.07, 6.45) is 14.7. The van der Waals surface area contributed by atoms with Gasteiger partial charge in [-0.2, -0.15) is 0 Å². The van der Waals surface area contributed by atoms with Crippen LogP contribution in [0.15, 0.2) is 42.5 Å². The summed E-state index contributed by atoms with van der Waals surface area (Å²) in [7, 11) is 5.09. The molecule has 0 spiro atoms. The Bertz CT molecular complexity index is 1650. The molecule has 48 heavy (non-hydrogen) atoms. The molecule has 0 saturated heterocycles. The first kappa shape index (κ1) is 30.7. The van der Waals surface area contributed by atoms with Gasteiger partial charge in [0.15, 0.2) is 0 Å². The zero-order valence-corrected chi connectivity index (χ0v) is 28.9. The number of benzene rings is 2. The number of hydrogen-bond donors (Lipinski definition) is 0. The molecular weight excluding hydrogens is 600 g/mol. The van der Waals surface area contributed by atoms with Crippen molar-refractivity contribution >= 4 is 17.8 Å². The number of carbonyl (C=O) groups excluding carboxylic acids is 3. The van der Waals surface area contributed by atoms with Crippen LogP contribution in [0.2, 0.25) is 0 Å². The van der Waals surface area contributed by atoms with Crippen molar-refractivity contribution in [2.75, 3.05) is 27.7 Å². The van der Waals surface area contributed by atoms with E-state index in [2.05, 4.69) is 17.0 Å². The van der Waals surface area contributed by atoms with Gasteiger partial charge in [0.2, 0.25) is 5.91 Å². The number of nitrogens with zero attached hydrogens (tertiary/aromatic N) is 2. The average molecular weight is 651 g/mol. The van der Waals surface area contributed by atoms with E-state index in [1.807, 2.05) is 18.2 Å². The van der Waals surface area contributed by atoms with Crippen molar-refractivity contribution < 1.29 is 23.9 Å². The molecule has 1 aliphatic heterocycles. The van der Waals surface area contributed by atoms with Gasteiger partial charge in [0, 0.05) is 32.7 Å². The molecule has 0 radical (unpaired) electrons. The number of ether oxygens (including phenoxy) is 2. The van der Waals surface area contributed by atoms with E-state index in [-0.39, 0.29) is 33.5 Å². The maximum Gasteiger partial charge on any atom is 0.311 e.